The number of nitrogens with zero attached hydrogens (tertiary/aromatic N) is 1. The van der Waals surface area contributed by atoms with Crippen LogP contribution in [0.25, 0.3) is 10.2 Å². The largest absolute Gasteiger partial charge is 0.481 e. The summed E-state index contributed by atoms with van der Waals surface area (Å²) in [5, 5.41) is 3.13. The van der Waals surface area contributed by atoms with E-state index in [9.17, 15) is 9.18 Å². The fourth-order valence-electron chi connectivity index (χ4n) is 2.11. The fourth-order valence-corrected chi connectivity index (χ4v) is 3.00. The van der Waals surface area contributed by atoms with Crippen LogP contribution in [0, 0.1) is 12.7 Å². The molecule has 1 atom stereocenters. The summed E-state index contributed by atoms with van der Waals surface area (Å²) in [6.07, 6.45) is -0.666. The Morgan fingerprint density at radius 1 is 1.30 bits per heavy atom. The van der Waals surface area contributed by atoms with Gasteiger partial charge in [-0.25, -0.2) is 9.37 Å². The first kappa shape index (κ1) is 15.4. The molecule has 118 valence electrons. The van der Waals surface area contributed by atoms with Crippen LogP contribution in [-0.4, -0.2) is 17.0 Å². The van der Waals surface area contributed by atoms with E-state index in [1.807, 2.05) is 25.1 Å². The predicted molar refractivity (Wildman–Crippen MR) is 89.5 cm³/mol. The number of rotatable bonds is 4. The van der Waals surface area contributed by atoms with Gasteiger partial charge in [-0.3, -0.25) is 10.1 Å². The number of amides is 1. The summed E-state index contributed by atoms with van der Waals surface area (Å²) in [6.45, 7) is 3.63. The van der Waals surface area contributed by atoms with Crippen LogP contribution in [-0.2, 0) is 4.79 Å². The normalized spacial score (nSPS) is 12.1. The van der Waals surface area contributed by atoms with Gasteiger partial charge in [-0.2, -0.15) is 0 Å². The lowest BCUT2D eigenvalue weighted by Crippen LogP contribution is -2.30. The second-order valence-electron chi connectivity index (χ2n) is 5.20. The first-order valence-corrected chi connectivity index (χ1v) is 7.93. The number of benzene rings is 2. The van der Waals surface area contributed by atoms with E-state index in [0.29, 0.717) is 21.1 Å². The first-order valence-electron chi connectivity index (χ1n) is 7.11. The van der Waals surface area contributed by atoms with Crippen molar-refractivity contribution in [1.29, 1.82) is 0 Å². The molecular formula is C17H15FN2O2S. The molecule has 1 heterocycles. The Labute approximate surface area is 136 Å². The summed E-state index contributed by atoms with van der Waals surface area (Å²) >= 11 is 1.23. The third kappa shape index (κ3) is 3.65. The van der Waals surface area contributed by atoms with Gasteiger partial charge >= 0.3 is 0 Å². The molecule has 0 unspecified atom stereocenters. The van der Waals surface area contributed by atoms with Crippen molar-refractivity contribution in [1.82, 2.24) is 4.98 Å². The molecule has 2 aromatic carbocycles. The minimum Gasteiger partial charge on any atom is -0.481 e. The fraction of sp³-hybridized carbons (Fsp3) is 0.176. The Bertz CT molecular complexity index is 863. The van der Waals surface area contributed by atoms with Crippen molar-refractivity contribution >= 4 is 32.6 Å². The molecule has 4 nitrogen and oxygen atoms in total. The summed E-state index contributed by atoms with van der Waals surface area (Å²) in [4.78, 5) is 16.5. The van der Waals surface area contributed by atoms with Gasteiger partial charge in [-0.05, 0) is 49.7 Å². The van der Waals surface area contributed by atoms with Crippen molar-refractivity contribution in [2.24, 2.45) is 0 Å². The summed E-state index contributed by atoms with van der Waals surface area (Å²) in [5.74, 6) is 0.0141. The number of fused-ring (bicyclic) bond motifs is 1. The number of ether oxygens (including phenoxy) is 1. The van der Waals surface area contributed by atoms with Crippen LogP contribution in [0.4, 0.5) is 9.52 Å². The van der Waals surface area contributed by atoms with Gasteiger partial charge in [0, 0.05) is 0 Å². The molecule has 0 fully saturated rings. The van der Waals surface area contributed by atoms with Crippen LogP contribution in [0.1, 0.15) is 12.5 Å². The van der Waals surface area contributed by atoms with Crippen molar-refractivity contribution in [2.75, 3.05) is 5.32 Å². The van der Waals surface area contributed by atoms with Gasteiger partial charge < -0.3 is 4.74 Å². The van der Waals surface area contributed by atoms with E-state index in [1.165, 1.54) is 23.5 Å². The Morgan fingerprint density at radius 2 is 2.13 bits per heavy atom. The molecule has 6 heteroatoms. The average molecular weight is 330 g/mol. The smallest absolute Gasteiger partial charge is 0.266 e. The molecular weight excluding hydrogens is 315 g/mol. The highest BCUT2D eigenvalue weighted by atomic mass is 32.1. The number of halogens is 1. The van der Waals surface area contributed by atoms with Gasteiger partial charge in [-0.1, -0.05) is 23.5 Å². The lowest BCUT2D eigenvalue weighted by Gasteiger charge is -2.13. The molecule has 1 amide bonds. The lowest BCUT2D eigenvalue weighted by molar-refractivity contribution is -0.122. The average Bonchev–Trinajstić information content (AvgIpc) is 2.88. The highest BCUT2D eigenvalue weighted by molar-refractivity contribution is 7.22. The molecule has 0 saturated carbocycles. The van der Waals surface area contributed by atoms with Crippen LogP contribution < -0.4 is 10.1 Å². The maximum atomic E-state index is 13.2. The van der Waals surface area contributed by atoms with Gasteiger partial charge in [0.25, 0.3) is 5.91 Å². The summed E-state index contributed by atoms with van der Waals surface area (Å²) in [5.41, 5.74) is 1.71. The quantitative estimate of drug-likeness (QED) is 0.782. The minimum atomic E-state index is -0.666. The lowest BCUT2D eigenvalue weighted by atomic mass is 10.2. The molecule has 0 aliphatic heterocycles. The predicted octanol–water partition coefficient (Wildman–Crippen LogP) is 4.15. The van der Waals surface area contributed by atoms with Crippen LogP contribution in [0.2, 0.25) is 0 Å². The third-order valence-electron chi connectivity index (χ3n) is 3.25. The number of hydrogen-bond acceptors (Lipinski definition) is 4. The summed E-state index contributed by atoms with van der Waals surface area (Å²) in [7, 11) is 0. The van der Waals surface area contributed by atoms with Gasteiger partial charge in [0.1, 0.15) is 11.6 Å². The summed E-state index contributed by atoms with van der Waals surface area (Å²) < 4.78 is 19.5. The Balaban J connectivity index is 1.69. The van der Waals surface area contributed by atoms with E-state index in [4.69, 9.17) is 4.74 Å². The van der Waals surface area contributed by atoms with Crippen molar-refractivity contribution in [3.05, 3.63) is 53.8 Å². The van der Waals surface area contributed by atoms with E-state index in [0.717, 1.165) is 5.56 Å². The second-order valence-corrected chi connectivity index (χ2v) is 6.23. The number of aromatic nitrogens is 1. The van der Waals surface area contributed by atoms with Gasteiger partial charge in [0.15, 0.2) is 11.2 Å². The van der Waals surface area contributed by atoms with E-state index in [1.54, 1.807) is 19.1 Å². The molecule has 1 aromatic heterocycles. The van der Waals surface area contributed by atoms with Gasteiger partial charge in [0.05, 0.1) is 10.2 Å². The number of aryl methyl sites for hydroxylation is 1. The molecule has 0 saturated heterocycles. The summed E-state index contributed by atoms with van der Waals surface area (Å²) in [6, 6.07) is 11.8. The maximum absolute atomic E-state index is 13.2. The highest BCUT2D eigenvalue weighted by Gasteiger charge is 2.17. The van der Waals surface area contributed by atoms with Crippen molar-refractivity contribution in [3.8, 4) is 5.75 Å². The van der Waals surface area contributed by atoms with Crippen molar-refractivity contribution in [2.45, 2.75) is 20.0 Å². The first-order chi connectivity index (χ1) is 11.0. The third-order valence-corrected chi connectivity index (χ3v) is 4.19. The van der Waals surface area contributed by atoms with E-state index < -0.39 is 6.10 Å². The topological polar surface area (TPSA) is 51.2 Å². The second kappa shape index (κ2) is 6.34. The number of carbonyl (C=O) groups excluding carboxylic acids is 1. The molecule has 3 rings (SSSR count). The zero-order chi connectivity index (χ0) is 16.4. The van der Waals surface area contributed by atoms with Crippen LogP contribution in [0.3, 0.4) is 0 Å². The zero-order valence-electron chi connectivity index (χ0n) is 12.7. The number of nitrogens with one attached hydrogen (secondary N) is 1. The van der Waals surface area contributed by atoms with Crippen LogP contribution in [0.15, 0.2) is 42.5 Å². The molecule has 0 bridgehead atoms. The molecule has 3 aromatic rings. The molecule has 0 aliphatic rings. The monoisotopic (exact) mass is 330 g/mol. The Morgan fingerprint density at radius 3 is 2.91 bits per heavy atom. The molecule has 0 spiro atoms. The Kier molecular flexibility index (Phi) is 4.25. The number of anilines is 1. The van der Waals surface area contributed by atoms with E-state index >= 15 is 0 Å². The molecule has 0 radical (unpaired) electrons. The maximum Gasteiger partial charge on any atom is 0.266 e. The van der Waals surface area contributed by atoms with Gasteiger partial charge in [0.2, 0.25) is 0 Å². The van der Waals surface area contributed by atoms with E-state index in [2.05, 4.69) is 10.3 Å². The SMILES string of the molecule is Cc1cccc(O[C@H](C)C(=O)Nc2nc3ccc(F)cc3s2)c1. The van der Waals surface area contributed by atoms with Crippen molar-refractivity contribution < 1.29 is 13.9 Å². The van der Waals surface area contributed by atoms with Crippen LogP contribution >= 0.6 is 11.3 Å². The van der Waals surface area contributed by atoms with Crippen LogP contribution in [0.5, 0.6) is 5.75 Å². The minimum absolute atomic E-state index is 0.300. The van der Waals surface area contributed by atoms with Gasteiger partial charge in [-0.15, -0.1) is 0 Å². The standard InChI is InChI=1S/C17H15FN2O2S/c1-10-4-3-5-13(8-10)22-11(2)16(21)20-17-19-14-7-6-12(18)9-15(14)23-17/h3-9,11H,1-2H3,(H,19,20,21)/t11-/m1/s1. The zero-order valence-corrected chi connectivity index (χ0v) is 13.5. The molecule has 23 heavy (non-hydrogen) atoms. The van der Waals surface area contributed by atoms with E-state index in [-0.39, 0.29) is 11.7 Å². The number of hydrogen-bond donors (Lipinski definition) is 1. The van der Waals surface area contributed by atoms with Crippen molar-refractivity contribution in [3.63, 3.8) is 0 Å². The molecule has 0 aliphatic carbocycles. The highest BCUT2D eigenvalue weighted by Crippen LogP contribution is 2.26. The molecule has 1 N–H and O–H groups in total. The number of thiazole rings is 1. The number of carbonyl (C=O) groups is 1. The Hall–Kier alpha value is -2.47.